The molecule has 0 aromatic carbocycles. The molecule has 0 spiro atoms. The van der Waals surface area contributed by atoms with Crippen molar-refractivity contribution < 1.29 is 0 Å². The first-order valence-electron chi connectivity index (χ1n) is 6.49. The summed E-state index contributed by atoms with van der Waals surface area (Å²) >= 11 is 0. The first-order chi connectivity index (χ1) is 7.34. The fourth-order valence-electron chi connectivity index (χ4n) is 2.25. The molecule has 0 aliphatic carbocycles. The zero-order valence-corrected chi connectivity index (χ0v) is 10.2. The number of hydrogen-bond donors (Lipinski definition) is 2. The average molecular weight is 213 g/mol. The van der Waals surface area contributed by atoms with E-state index in [0.717, 1.165) is 32.1 Å². The van der Waals surface area contributed by atoms with E-state index < -0.39 is 0 Å². The fraction of sp³-hybridized carbons (Fsp3) is 1.00. The molecule has 0 saturated carbocycles. The fourth-order valence-corrected chi connectivity index (χ4v) is 2.25. The van der Waals surface area contributed by atoms with E-state index in [1.807, 2.05) is 0 Å². The van der Waals surface area contributed by atoms with Crippen molar-refractivity contribution in [3.8, 4) is 0 Å². The second kappa shape index (κ2) is 8.08. The van der Waals surface area contributed by atoms with Crippen LogP contribution in [0.15, 0.2) is 0 Å². The van der Waals surface area contributed by atoms with Crippen molar-refractivity contribution in [1.82, 2.24) is 10.2 Å². The van der Waals surface area contributed by atoms with Gasteiger partial charge in [-0.05, 0) is 65.3 Å². The van der Waals surface area contributed by atoms with Gasteiger partial charge in [-0.25, -0.2) is 0 Å². The standard InChI is InChI=1S/C12H27N3/c1-12-6-2-3-10-15(12)11-5-9-14-8-4-7-13/h12,14H,2-11,13H2,1H3. The predicted octanol–water partition coefficient (Wildman–Crippen LogP) is 1.19. The third-order valence-electron chi connectivity index (χ3n) is 3.30. The van der Waals surface area contributed by atoms with Gasteiger partial charge in [0.15, 0.2) is 0 Å². The molecule has 3 N–H and O–H groups in total. The Hall–Kier alpha value is -0.120. The van der Waals surface area contributed by atoms with Crippen molar-refractivity contribution in [2.45, 2.75) is 45.1 Å². The van der Waals surface area contributed by atoms with Gasteiger partial charge in [0.1, 0.15) is 0 Å². The summed E-state index contributed by atoms with van der Waals surface area (Å²) < 4.78 is 0. The number of hydrogen-bond acceptors (Lipinski definition) is 3. The third-order valence-corrected chi connectivity index (χ3v) is 3.30. The van der Waals surface area contributed by atoms with Crippen LogP contribution in [-0.2, 0) is 0 Å². The molecule has 1 fully saturated rings. The molecule has 0 amide bonds. The smallest absolute Gasteiger partial charge is 0.00669 e. The molecule has 3 nitrogen and oxygen atoms in total. The van der Waals surface area contributed by atoms with Crippen molar-refractivity contribution >= 4 is 0 Å². The zero-order chi connectivity index (χ0) is 10.9. The molecule has 1 aliphatic rings. The Morgan fingerprint density at radius 3 is 2.80 bits per heavy atom. The van der Waals surface area contributed by atoms with Gasteiger partial charge in [-0.1, -0.05) is 6.42 Å². The summed E-state index contributed by atoms with van der Waals surface area (Å²) in [6.45, 7) is 7.95. The van der Waals surface area contributed by atoms with Gasteiger partial charge in [-0.2, -0.15) is 0 Å². The Labute approximate surface area is 94.4 Å². The molecule has 0 aromatic heterocycles. The third kappa shape index (κ3) is 5.50. The van der Waals surface area contributed by atoms with E-state index in [1.54, 1.807) is 0 Å². The Kier molecular flexibility index (Phi) is 6.98. The van der Waals surface area contributed by atoms with Gasteiger partial charge in [0.25, 0.3) is 0 Å². The number of piperidine rings is 1. The maximum atomic E-state index is 5.43. The van der Waals surface area contributed by atoms with Gasteiger partial charge in [0.2, 0.25) is 0 Å². The van der Waals surface area contributed by atoms with E-state index in [1.165, 1.54) is 38.8 Å². The van der Waals surface area contributed by atoms with Crippen molar-refractivity contribution in [2.24, 2.45) is 5.73 Å². The summed E-state index contributed by atoms with van der Waals surface area (Å²) in [6.07, 6.45) is 6.58. The minimum absolute atomic E-state index is 0.802. The summed E-state index contributed by atoms with van der Waals surface area (Å²) in [6, 6.07) is 0.808. The Morgan fingerprint density at radius 2 is 2.07 bits per heavy atom. The highest BCUT2D eigenvalue weighted by Gasteiger charge is 2.16. The molecular formula is C12H27N3. The lowest BCUT2D eigenvalue weighted by Gasteiger charge is -2.33. The first-order valence-corrected chi connectivity index (χ1v) is 6.49. The average Bonchev–Trinajstić information content (AvgIpc) is 2.25. The monoisotopic (exact) mass is 213 g/mol. The summed E-state index contributed by atoms with van der Waals surface area (Å²) in [5.41, 5.74) is 5.43. The van der Waals surface area contributed by atoms with Crippen LogP contribution < -0.4 is 11.1 Å². The molecule has 1 heterocycles. The minimum atomic E-state index is 0.802. The van der Waals surface area contributed by atoms with Crippen molar-refractivity contribution in [3.05, 3.63) is 0 Å². The molecule has 1 unspecified atom stereocenters. The Morgan fingerprint density at radius 1 is 1.27 bits per heavy atom. The second-order valence-corrected chi connectivity index (χ2v) is 4.63. The molecule has 0 radical (unpaired) electrons. The van der Waals surface area contributed by atoms with E-state index in [2.05, 4.69) is 17.1 Å². The number of nitrogens with zero attached hydrogens (tertiary/aromatic N) is 1. The van der Waals surface area contributed by atoms with E-state index >= 15 is 0 Å². The predicted molar refractivity (Wildman–Crippen MR) is 66.0 cm³/mol. The van der Waals surface area contributed by atoms with Gasteiger partial charge in [0.05, 0.1) is 0 Å². The number of nitrogens with one attached hydrogen (secondary N) is 1. The van der Waals surface area contributed by atoms with Crippen LogP contribution in [0.2, 0.25) is 0 Å². The van der Waals surface area contributed by atoms with Crippen LogP contribution in [0.5, 0.6) is 0 Å². The summed E-state index contributed by atoms with van der Waals surface area (Å²) in [7, 11) is 0. The first kappa shape index (κ1) is 12.9. The van der Waals surface area contributed by atoms with Gasteiger partial charge >= 0.3 is 0 Å². The summed E-state index contributed by atoms with van der Waals surface area (Å²) in [5, 5.41) is 3.43. The lowest BCUT2D eigenvalue weighted by molar-refractivity contribution is 0.159. The Balaban J connectivity index is 1.94. The zero-order valence-electron chi connectivity index (χ0n) is 10.2. The Bertz CT molecular complexity index is 150. The van der Waals surface area contributed by atoms with E-state index in [9.17, 15) is 0 Å². The second-order valence-electron chi connectivity index (χ2n) is 4.63. The van der Waals surface area contributed by atoms with Crippen LogP contribution in [-0.4, -0.2) is 43.7 Å². The largest absolute Gasteiger partial charge is 0.330 e. The van der Waals surface area contributed by atoms with Crippen LogP contribution in [0.3, 0.4) is 0 Å². The lowest BCUT2D eigenvalue weighted by atomic mass is 10.0. The molecular weight excluding hydrogens is 186 g/mol. The number of nitrogens with two attached hydrogens (primary N) is 1. The normalized spacial score (nSPS) is 23.2. The lowest BCUT2D eigenvalue weighted by Crippen LogP contribution is -2.39. The van der Waals surface area contributed by atoms with Gasteiger partial charge in [-0.15, -0.1) is 0 Å². The van der Waals surface area contributed by atoms with Crippen LogP contribution in [0.4, 0.5) is 0 Å². The molecule has 15 heavy (non-hydrogen) atoms. The molecule has 90 valence electrons. The van der Waals surface area contributed by atoms with Crippen LogP contribution >= 0.6 is 0 Å². The van der Waals surface area contributed by atoms with Crippen LogP contribution in [0.25, 0.3) is 0 Å². The van der Waals surface area contributed by atoms with E-state index in [-0.39, 0.29) is 0 Å². The van der Waals surface area contributed by atoms with Crippen molar-refractivity contribution in [1.29, 1.82) is 0 Å². The summed E-state index contributed by atoms with van der Waals surface area (Å²) in [4.78, 5) is 2.63. The minimum Gasteiger partial charge on any atom is -0.330 e. The molecule has 3 heteroatoms. The van der Waals surface area contributed by atoms with Gasteiger partial charge < -0.3 is 16.0 Å². The molecule has 1 atom stereocenters. The van der Waals surface area contributed by atoms with Gasteiger partial charge in [0, 0.05) is 6.04 Å². The highest BCUT2D eigenvalue weighted by molar-refractivity contribution is 4.72. The van der Waals surface area contributed by atoms with Crippen molar-refractivity contribution in [2.75, 3.05) is 32.7 Å². The van der Waals surface area contributed by atoms with Crippen LogP contribution in [0, 0.1) is 0 Å². The topological polar surface area (TPSA) is 41.3 Å². The van der Waals surface area contributed by atoms with E-state index in [0.29, 0.717) is 0 Å². The molecule has 1 saturated heterocycles. The maximum Gasteiger partial charge on any atom is 0.00669 e. The summed E-state index contributed by atoms with van der Waals surface area (Å²) in [5.74, 6) is 0. The van der Waals surface area contributed by atoms with E-state index in [4.69, 9.17) is 5.73 Å². The molecule has 1 aliphatic heterocycles. The number of rotatable bonds is 7. The highest BCUT2D eigenvalue weighted by Crippen LogP contribution is 2.15. The van der Waals surface area contributed by atoms with Gasteiger partial charge in [-0.3, -0.25) is 0 Å². The quantitative estimate of drug-likeness (QED) is 0.624. The van der Waals surface area contributed by atoms with Crippen molar-refractivity contribution in [3.63, 3.8) is 0 Å². The highest BCUT2D eigenvalue weighted by atomic mass is 15.2. The molecule has 0 bridgehead atoms. The maximum absolute atomic E-state index is 5.43. The SMILES string of the molecule is CC1CCCCN1CCCNCCCN. The molecule has 0 aromatic rings. The number of likely N-dealkylation sites (tertiary alicyclic amines) is 1. The molecule has 1 rings (SSSR count). The van der Waals surface area contributed by atoms with Crippen LogP contribution in [0.1, 0.15) is 39.0 Å².